The van der Waals surface area contributed by atoms with Crippen molar-refractivity contribution in [3.05, 3.63) is 71.5 Å². The molecule has 3 unspecified atom stereocenters. The monoisotopic (exact) mass is 607 g/mol. The maximum absolute atomic E-state index is 13.3. The largest absolute Gasteiger partial charge is 0.480 e. The van der Waals surface area contributed by atoms with Crippen LogP contribution in [-0.2, 0) is 16.1 Å². The fourth-order valence-corrected chi connectivity index (χ4v) is 8.02. The third-order valence-electron chi connectivity index (χ3n) is 10.2. The lowest BCUT2D eigenvalue weighted by Crippen LogP contribution is -2.49. The van der Waals surface area contributed by atoms with Crippen molar-refractivity contribution < 1.29 is 23.8 Å². The highest BCUT2D eigenvalue weighted by atomic mass is 19.1. The summed E-state index contributed by atoms with van der Waals surface area (Å²) in [6, 6.07) is 17.7. The number of carboxylic acid groups (broad SMARTS) is 1. The second kappa shape index (κ2) is 15.8. The first kappa shape index (κ1) is 32.4. The van der Waals surface area contributed by atoms with E-state index in [0.29, 0.717) is 24.4 Å². The number of likely N-dealkylation sites (tertiary alicyclic amines) is 1. The number of amides is 1. The Morgan fingerprint density at radius 3 is 2.27 bits per heavy atom. The van der Waals surface area contributed by atoms with Gasteiger partial charge in [-0.3, -0.25) is 9.69 Å². The molecule has 8 heteroatoms. The Balaban J connectivity index is 1.21. The fraction of sp³-hybridized carbons (Fsp3) is 0.611. The molecule has 0 bridgehead atoms. The number of hydrogen-bond acceptors (Lipinski definition) is 5. The van der Waals surface area contributed by atoms with E-state index in [0.717, 1.165) is 70.1 Å². The van der Waals surface area contributed by atoms with Crippen molar-refractivity contribution in [1.29, 1.82) is 0 Å². The Kier molecular flexibility index (Phi) is 11.7. The number of carbonyl (C=O) groups excluding carboxylic acids is 1. The Bertz CT molecular complexity index is 1180. The minimum absolute atomic E-state index is 0.138. The van der Waals surface area contributed by atoms with E-state index in [-0.39, 0.29) is 37.1 Å². The van der Waals surface area contributed by atoms with Crippen molar-refractivity contribution >= 4 is 12.1 Å². The average molecular weight is 608 g/mol. The first-order valence-corrected chi connectivity index (χ1v) is 16.8. The van der Waals surface area contributed by atoms with Crippen molar-refractivity contribution in [3.8, 4) is 0 Å². The van der Waals surface area contributed by atoms with Crippen LogP contribution in [0.3, 0.4) is 0 Å². The van der Waals surface area contributed by atoms with E-state index in [1.54, 1.807) is 12.1 Å². The lowest BCUT2D eigenvalue weighted by atomic mass is 9.88. The topological polar surface area (TPSA) is 73.3 Å². The molecular weight excluding hydrogens is 557 g/mol. The lowest BCUT2D eigenvalue weighted by Gasteiger charge is -2.39. The number of ether oxygens (including phenoxy) is 1. The number of nitrogens with zero attached hydrogens (tertiary/aromatic N) is 3. The fourth-order valence-electron chi connectivity index (χ4n) is 8.02. The molecule has 44 heavy (non-hydrogen) atoms. The summed E-state index contributed by atoms with van der Waals surface area (Å²) in [5.41, 5.74) is 2.14. The highest BCUT2D eigenvalue weighted by molar-refractivity contribution is 5.69. The molecule has 2 aromatic rings. The van der Waals surface area contributed by atoms with Gasteiger partial charge in [-0.05, 0) is 80.0 Å². The second-order valence-electron chi connectivity index (χ2n) is 13.2. The van der Waals surface area contributed by atoms with Crippen molar-refractivity contribution in [2.75, 3.05) is 32.7 Å². The number of aliphatic carboxylic acids is 1. The zero-order valence-corrected chi connectivity index (χ0v) is 26.3. The second-order valence-corrected chi connectivity index (χ2v) is 13.2. The van der Waals surface area contributed by atoms with Gasteiger partial charge in [0.15, 0.2) is 0 Å². The molecule has 7 nitrogen and oxygen atoms in total. The van der Waals surface area contributed by atoms with Gasteiger partial charge in [0, 0.05) is 44.3 Å². The summed E-state index contributed by atoms with van der Waals surface area (Å²) in [6.45, 7) is 5.88. The van der Waals surface area contributed by atoms with Crippen LogP contribution in [0.5, 0.6) is 0 Å². The van der Waals surface area contributed by atoms with Crippen LogP contribution in [0.25, 0.3) is 0 Å². The molecule has 1 amide bonds. The third kappa shape index (κ3) is 8.60. The highest BCUT2D eigenvalue weighted by Gasteiger charge is 2.42. The van der Waals surface area contributed by atoms with Crippen molar-refractivity contribution in [2.45, 2.75) is 102 Å². The molecular formula is C36H50FN3O4. The summed E-state index contributed by atoms with van der Waals surface area (Å²) in [5, 5.41) is 9.83. The smallest absolute Gasteiger partial charge is 0.410 e. The normalized spacial score (nSPS) is 23.6. The lowest BCUT2D eigenvalue weighted by molar-refractivity contribution is -0.140. The molecule has 3 aliphatic rings. The molecule has 1 heterocycles. The summed E-state index contributed by atoms with van der Waals surface area (Å²) >= 11 is 0. The number of halogens is 1. The summed E-state index contributed by atoms with van der Waals surface area (Å²) in [5.74, 6) is -0.141. The van der Waals surface area contributed by atoms with Crippen molar-refractivity contribution in [1.82, 2.24) is 14.7 Å². The van der Waals surface area contributed by atoms with Gasteiger partial charge in [-0.15, -0.1) is 0 Å². The predicted molar refractivity (Wildman–Crippen MR) is 170 cm³/mol. The van der Waals surface area contributed by atoms with Crippen LogP contribution in [0.15, 0.2) is 54.6 Å². The maximum atomic E-state index is 13.3. The average Bonchev–Trinajstić information content (AvgIpc) is 3.46. The van der Waals surface area contributed by atoms with E-state index in [1.165, 1.54) is 37.0 Å². The molecule has 0 spiro atoms. The quantitative estimate of drug-likeness (QED) is 0.282. The van der Waals surface area contributed by atoms with Gasteiger partial charge in [0.25, 0.3) is 0 Å². The maximum Gasteiger partial charge on any atom is 0.410 e. The van der Waals surface area contributed by atoms with Crippen LogP contribution in [0.1, 0.15) is 88.2 Å². The van der Waals surface area contributed by atoms with Crippen molar-refractivity contribution in [3.63, 3.8) is 0 Å². The SMILES string of the molecule is CCCN(C(=O)OCc1ccc(F)cc1)C1CCN(CC2CC(N(CC(=O)O)C3CCCCC3)CC2c2ccccc2)CC1. The minimum atomic E-state index is -0.717. The highest BCUT2D eigenvalue weighted by Crippen LogP contribution is 2.44. The first-order valence-electron chi connectivity index (χ1n) is 16.8. The van der Waals surface area contributed by atoms with Crippen LogP contribution in [0.2, 0.25) is 0 Å². The predicted octanol–water partition coefficient (Wildman–Crippen LogP) is 6.92. The Labute approximate surface area is 262 Å². The number of piperidine rings is 1. The summed E-state index contributed by atoms with van der Waals surface area (Å²) in [4.78, 5) is 31.9. The van der Waals surface area contributed by atoms with E-state index in [1.807, 2.05) is 4.90 Å². The van der Waals surface area contributed by atoms with Crippen LogP contribution in [-0.4, -0.2) is 82.7 Å². The summed E-state index contributed by atoms with van der Waals surface area (Å²) < 4.78 is 18.9. The molecule has 1 N–H and O–H groups in total. The minimum Gasteiger partial charge on any atom is -0.480 e. The summed E-state index contributed by atoms with van der Waals surface area (Å²) in [7, 11) is 0. The molecule has 1 saturated heterocycles. The van der Waals surface area contributed by atoms with Gasteiger partial charge in [-0.2, -0.15) is 0 Å². The molecule has 2 aromatic carbocycles. The first-order chi connectivity index (χ1) is 21.4. The van der Waals surface area contributed by atoms with Gasteiger partial charge < -0.3 is 19.6 Å². The molecule has 240 valence electrons. The van der Waals surface area contributed by atoms with Crippen LogP contribution < -0.4 is 0 Å². The van der Waals surface area contributed by atoms with Gasteiger partial charge in [0.2, 0.25) is 0 Å². The van der Waals surface area contributed by atoms with Gasteiger partial charge in [0.1, 0.15) is 12.4 Å². The number of rotatable bonds is 12. The van der Waals surface area contributed by atoms with Crippen LogP contribution in [0, 0.1) is 11.7 Å². The van der Waals surface area contributed by atoms with Gasteiger partial charge in [-0.1, -0.05) is 68.7 Å². The van der Waals surface area contributed by atoms with Crippen LogP contribution >= 0.6 is 0 Å². The van der Waals surface area contributed by atoms with E-state index in [4.69, 9.17) is 4.74 Å². The molecule has 5 rings (SSSR count). The molecule has 3 atom stereocenters. The van der Waals surface area contributed by atoms with E-state index >= 15 is 0 Å². The Morgan fingerprint density at radius 2 is 1.61 bits per heavy atom. The zero-order chi connectivity index (χ0) is 30.9. The van der Waals surface area contributed by atoms with E-state index in [9.17, 15) is 19.1 Å². The number of carbonyl (C=O) groups is 2. The third-order valence-corrected chi connectivity index (χ3v) is 10.2. The standard InChI is InChI=1S/C36H50FN3O4/c1-2-19-39(36(43)44-26-27-13-15-30(37)16-14-27)32-17-20-38(21-18-32)24-29-22-33(23-34(29)28-9-5-3-6-10-28)40(25-35(41)42)31-11-7-4-8-12-31/h3,5-6,9-10,13-16,29,31-34H,2,4,7-8,11-12,17-26H2,1H3,(H,41,42). The Hall–Kier alpha value is -2.97. The molecule has 2 aliphatic carbocycles. The summed E-state index contributed by atoms with van der Waals surface area (Å²) in [6.07, 6.45) is 10.3. The van der Waals surface area contributed by atoms with Gasteiger partial charge >= 0.3 is 12.1 Å². The number of carboxylic acids is 1. The van der Waals surface area contributed by atoms with Gasteiger partial charge in [-0.25, -0.2) is 9.18 Å². The Morgan fingerprint density at radius 1 is 0.909 bits per heavy atom. The zero-order valence-electron chi connectivity index (χ0n) is 26.3. The van der Waals surface area contributed by atoms with Gasteiger partial charge in [0.05, 0.1) is 6.54 Å². The van der Waals surface area contributed by atoms with E-state index in [2.05, 4.69) is 47.1 Å². The molecule has 3 fully saturated rings. The molecule has 2 saturated carbocycles. The molecule has 0 aromatic heterocycles. The number of hydrogen-bond donors (Lipinski definition) is 1. The van der Waals surface area contributed by atoms with Crippen molar-refractivity contribution in [2.24, 2.45) is 5.92 Å². The van der Waals surface area contributed by atoms with E-state index < -0.39 is 5.97 Å². The number of benzene rings is 2. The molecule has 1 aliphatic heterocycles. The van der Waals surface area contributed by atoms with Crippen LogP contribution in [0.4, 0.5) is 9.18 Å². The molecule has 0 radical (unpaired) electrons.